The molecule has 0 spiro atoms. The van der Waals surface area contributed by atoms with Gasteiger partial charge < -0.3 is 4.74 Å². The van der Waals surface area contributed by atoms with E-state index in [-0.39, 0.29) is 17.6 Å². The Bertz CT molecular complexity index is 1030. The first-order chi connectivity index (χ1) is 13.2. The van der Waals surface area contributed by atoms with Crippen molar-refractivity contribution in [2.24, 2.45) is 5.92 Å². The van der Waals surface area contributed by atoms with Crippen LogP contribution >= 0.6 is 0 Å². The second-order valence-corrected chi connectivity index (χ2v) is 8.92. The van der Waals surface area contributed by atoms with Gasteiger partial charge in [-0.15, -0.1) is 0 Å². The maximum atomic E-state index is 11.7. The SMILES string of the molecule is Cc1cnn2cc(-c3cnn(C(C)(C)C)c3)cc(O[C@H](C)[C@H]3CCC(=O)C3)c12. The molecule has 148 valence electrons. The van der Waals surface area contributed by atoms with Crippen LogP contribution < -0.4 is 4.74 Å². The van der Waals surface area contributed by atoms with Crippen LogP contribution in [-0.4, -0.2) is 31.3 Å². The first kappa shape index (κ1) is 18.7. The van der Waals surface area contributed by atoms with Crippen LogP contribution in [0.1, 0.15) is 52.5 Å². The minimum atomic E-state index is -0.0759. The van der Waals surface area contributed by atoms with E-state index < -0.39 is 0 Å². The number of carbonyl (C=O) groups is 1. The lowest BCUT2D eigenvalue weighted by Crippen LogP contribution is -2.22. The quantitative estimate of drug-likeness (QED) is 0.673. The lowest BCUT2D eigenvalue weighted by Gasteiger charge is -2.21. The Labute approximate surface area is 165 Å². The molecule has 0 aliphatic heterocycles. The third-order valence-electron chi connectivity index (χ3n) is 5.62. The highest BCUT2D eigenvalue weighted by atomic mass is 16.5. The molecule has 28 heavy (non-hydrogen) atoms. The predicted molar refractivity (Wildman–Crippen MR) is 109 cm³/mol. The number of Topliss-reactive ketones (excluding diaryl/α,β-unsaturated/α-hetero) is 1. The Kier molecular flexibility index (Phi) is 4.52. The summed E-state index contributed by atoms with van der Waals surface area (Å²) in [6.07, 6.45) is 9.99. The third kappa shape index (κ3) is 3.43. The van der Waals surface area contributed by atoms with Crippen LogP contribution in [0.4, 0.5) is 0 Å². The zero-order valence-corrected chi connectivity index (χ0v) is 17.3. The Balaban J connectivity index is 1.72. The van der Waals surface area contributed by atoms with E-state index in [0.29, 0.717) is 18.6 Å². The number of ketones is 1. The summed E-state index contributed by atoms with van der Waals surface area (Å²) in [5, 5.41) is 9.01. The molecular weight excluding hydrogens is 352 g/mol. The summed E-state index contributed by atoms with van der Waals surface area (Å²) in [5.41, 5.74) is 4.01. The molecule has 0 saturated heterocycles. The fraction of sp³-hybridized carbons (Fsp3) is 0.500. The molecule has 0 unspecified atom stereocenters. The summed E-state index contributed by atoms with van der Waals surface area (Å²) in [7, 11) is 0. The number of rotatable bonds is 4. The van der Waals surface area contributed by atoms with Crippen LogP contribution in [0.15, 0.2) is 30.9 Å². The molecule has 4 rings (SSSR count). The molecule has 1 saturated carbocycles. The van der Waals surface area contributed by atoms with Crippen LogP contribution in [0.5, 0.6) is 5.75 Å². The number of ether oxygens (including phenoxy) is 1. The van der Waals surface area contributed by atoms with Crippen LogP contribution in [0, 0.1) is 12.8 Å². The van der Waals surface area contributed by atoms with Gasteiger partial charge in [-0.1, -0.05) is 0 Å². The van der Waals surface area contributed by atoms with E-state index >= 15 is 0 Å². The van der Waals surface area contributed by atoms with Gasteiger partial charge in [0.05, 0.1) is 24.0 Å². The predicted octanol–water partition coefficient (Wildman–Crippen LogP) is 4.40. The van der Waals surface area contributed by atoms with Crippen molar-refractivity contribution < 1.29 is 9.53 Å². The molecule has 6 heteroatoms. The first-order valence-electron chi connectivity index (χ1n) is 9.94. The molecule has 3 aromatic rings. The number of hydrogen-bond donors (Lipinski definition) is 0. The van der Waals surface area contributed by atoms with E-state index in [1.807, 2.05) is 34.7 Å². The number of fused-ring (bicyclic) bond motifs is 1. The maximum absolute atomic E-state index is 11.7. The van der Waals surface area contributed by atoms with Gasteiger partial charge in [0.25, 0.3) is 0 Å². The molecule has 2 atom stereocenters. The van der Waals surface area contributed by atoms with Crippen LogP contribution in [-0.2, 0) is 10.3 Å². The average Bonchev–Trinajstić information content (AvgIpc) is 3.34. The smallest absolute Gasteiger partial charge is 0.146 e. The van der Waals surface area contributed by atoms with Crippen molar-refractivity contribution in [2.75, 3.05) is 0 Å². The van der Waals surface area contributed by atoms with Gasteiger partial charge in [0.15, 0.2) is 0 Å². The highest BCUT2D eigenvalue weighted by molar-refractivity contribution is 5.80. The molecule has 3 aromatic heterocycles. The van der Waals surface area contributed by atoms with Crippen molar-refractivity contribution in [3.63, 3.8) is 0 Å². The van der Waals surface area contributed by atoms with Gasteiger partial charge in [0, 0.05) is 42.3 Å². The Morgan fingerprint density at radius 2 is 1.96 bits per heavy atom. The van der Waals surface area contributed by atoms with Gasteiger partial charge >= 0.3 is 0 Å². The van der Waals surface area contributed by atoms with Crippen molar-refractivity contribution in [3.8, 4) is 16.9 Å². The van der Waals surface area contributed by atoms with Gasteiger partial charge in [0.1, 0.15) is 17.0 Å². The average molecular weight is 380 g/mol. The summed E-state index contributed by atoms with van der Waals surface area (Å²) in [5.74, 6) is 1.43. The van der Waals surface area contributed by atoms with E-state index in [4.69, 9.17) is 4.74 Å². The highest BCUT2D eigenvalue weighted by Gasteiger charge is 2.29. The third-order valence-corrected chi connectivity index (χ3v) is 5.62. The largest absolute Gasteiger partial charge is 0.488 e. The van der Waals surface area contributed by atoms with Gasteiger partial charge in [-0.25, -0.2) is 4.52 Å². The fourth-order valence-corrected chi connectivity index (χ4v) is 3.86. The number of carbonyl (C=O) groups excluding carboxylic acids is 1. The number of pyridine rings is 1. The molecule has 0 amide bonds. The molecule has 1 fully saturated rings. The molecule has 1 aliphatic rings. The summed E-state index contributed by atoms with van der Waals surface area (Å²) < 4.78 is 10.2. The summed E-state index contributed by atoms with van der Waals surface area (Å²) in [6, 6.07) is 2.07. The van der Waals surface area contributed by atoms with E-state index in [1.54, 1.807) is 0 Å². The Morgan fingerprint density at radius 3 is 2.61 bits per heavy atom. The fourth-order valence-electron chi connectivity index (χ4n) is 3.86. The summed E-state index contributed by atoms with van der Waals surface area (Å²) in [4.78, 5) is 11.7. The standard InChI is InChI=1S/C22H28N4O2/c1-14-10-23-25-12-17(18-11-24-26(13-18)22(3,4)5)9-20(21(14)25)28-15(2)16-6-7-19(27)8-16/h9-13,15-16H,6-8H2,1-5H3/t15-,16+/m1/s1. The molecule has 0 radical (unpaired) electrons. The van der Waals surface area contributed by atoms with Crippen molar-refractivity contribution in [3.05, 3.63) is 36.4 Å². The van der Waals surface area contributed by atoms with Crippen molar-refractivity contribution in [1.82, 2.24) is 19.4 Å². The lowest BCUT2D eigenvalue weighted by molar-refractivity contribution is -0.117. The molecule has 1 aliphatic carbocycles. The number of hydrogen-bond acceptors (Lipinski definition) is 4. The monoisotopic (exact) mass is 380 g/mol. The van der Waals surface area contributed by atoms with Crippen LogP contribution in [0.3, 0.4) is 0 Å². The molecular formula is C22H28N4O2. The van der Waals surface area contributed by atoms with Crippen molar-refractivity contribution >= 4 is 11.3 Å². The van der Waals surface area contributed by atoms with Gasteiger partial charge in [-0.2, -0.15) is 10.2 Å². The number of aryl methyl sites for hydroxylation is 1. The zero-order chi connectivity index (χ0) is 20.1. The van der Waals surface area contributed by atoms with Crippen molar-refractivity contribution in [2.45, 2.75) is 65.5 Å². The number of aromatic nitrogens is 4. The first-order valence-corrected chi connectivity index (χ1v) is 9.94. The van der Waals surface area contributed by atoms with E-state index in [2.05, 4.69) is 50.2 Å². The van der Waals surface area contributed by atoms with Gasteiger partial charge in [-0.05, 0) is 52.7 Å². The summed E-state index contributed by atoms with van der Waals surface area (Å²) in [6.45, 7) is 10.5. The van der Waals surface area contributed by atoms with Gasteiger partial charge in [-0.3, -0.25) is 9.48 Å². The minimum Gasteiger partial charge on any atom is -0.488 e. The molecule has 0 N–H and O–H groups in total. The summed E-state index contributed by atoms with van der Waals surface area (Å²) >= 11 is 0. The van der Waals surface area contributed by atoms with E-state index in [9.17, 15) is 4.79 Å². The van der Waals surface area contributed by atoms with Crippen LogP contribution in [0.25, 0.3) is 16.6 Å². The molecule has 3 heterocycles. The lowest BCUT2D eigenvalue weighted by atomic mass is 10.0. The second-order valence-electron chi connectivity index (χ2n) is 8.92. The minimum absolute atomic E-state index is 0.0166. The van der Waals surface area contributed by atoms with E-state index in [0.717, 1.165) is 34.4 Å². The topological polar surface area (TPSA) is 61.4 Å². The number of nitrogens with zero attached hydrogens (tertiary/aromatic N) is 4. The second kappa shape index (κ2) is 6.76. The van der Waals surface area contributed by atoms with Crippen molar-refractivity contribution in [1.29, 1.82) is 0 Å². The highest BCUT2D eigenvalue weighted by Crippen LogP contribution is 2.34. The Morgan fingerprint density at radius 1 is 1.18 bits per heavy atom. The molecule has 0 bridgehead atoms. The Hall–Kier alpha value is -2.63. The van der Waals surface area contributed by atoms with Crippen LogP contribution in [0.2, 0.25) is 0 Å². The zero-order valence-electron chi connectivity index (χ0n) is 17.3. The maximum Gasteiger partial charge on any atom is 0.146 e. The van der Waals surface area contributed by atoms with Gasteiger partial charge in [0.2, 0.25) is 0 Å². The van der Waals surface area contributed by atoms with E-state index in [1.165, 1.54) is 0 Å². The molecule has 0 aromatic carbocycles. The molecule has 6 nitrogen and oxygen atoms in total. The normalized spacial score (nSPS) is 18.8.